The van der Waals surface area contributed by atoms with Crippen molar-refractivity contribution < 1.29 is 4.79 Å². The molecule has 0 aromatic heterocycles. The average Bonchev–Trinajstić information content (AvgIpc) is 3.26. The van der Waals surface area contributed by atoms with Crippen LogP contribution >= 0.6 is 27.5 Å². The molecule has 1 N–H and O–H groups in total. The highest BCUT2D eigenvalue weighted by Gasteiger charge is 2.36. The van der Waals surface area contributed by atoms with Gasteiger partial charge in [-0.2, -0.15) is 0 Å². The van der Waals surface area contributed by atoms with E-state index in [4.69, 9.17) is 11.6 Å². The van der Waals surface area contributed by atoms with Crippen molar-refractivity contribution >= 4 is 33.4 Å². The Bertz CT molecular complexity index is 624. The van der Waals surface area contributed by atoms with E-state index in [9.17, 15) is 4.79 Å². The zero-order valence-electron chi connectivity index (χ0n) is 13.7. The molecule has 1 aliphatic carbocycles. The van der Waals surface area contributed by atoms with Gasteiger partial charge in [0.15, 0.2) is 0 Å². The number of amides is 1. The van der Waals surface area contributed by atoms with E-state index in [1.165, 1.54) is 5.56 Å². The second kappa shape index (κ2) is 8.16. The molecule has 4 heteroatoms. The Morgan fingerprint density at radius 3 is 2.74 bits per heavy atom. The van der Waals surface area contributed by atoms with Crippen LogP contribution in [0.5, 0.6) is 0 Å². The molecule has 0 aliphatic heterocycles. The van der Waals surface area contributed by atoms with E-state index in [2.05, 4.69) is 47.2 Å². The monoisotopic (exact) mass is 395 g/mol. The summed E-state index contributed by atoms with van der Waals surface area (Å²) in [5.74, 6) is 1.48. The summed E-state index contributed by atoms with van der Waals surface area (Å²) in [4.78, 5) is 11.7. The fraction of sp³-hybridized carbons (Fsp3) is 0.421. The van der Waals surface area contributed by atoms with Gasteiger partial charge in [-0.25, -0.2) is 0 Å². The molecule has 0 bridgehead atoms. The number of nitrogens with one attached hydrogen (secondary N) is 1. The molecule has 1 aromatic rings. The van der Waals surface area contributed by atoms with Gasteiger partial charge in [0, 0.05) is 16.6 Å². The van der Waals surface area contributed by atoms with Crippen molar-refractivity contribution in [2.24, 2.45) is 11.8 Å². The molecule has 1 aliphatic rings. The molecule has 1 aromatic carbocycles. The van der Waals surface area contributed by atoms with E-state index in [1.54, 1.807) is 6.08 Å². The van der Waals surface area contributed by atoms with Gasteiger partial charge in [0.25, 0.3) is 0 Å². The minimum Gasteiger partial charge on any atom is -0.350 e. The van der Waals surface area contributed by atoms with Gasteiger partial charge in [-0.3, -0.25) is 4.79 Å². The molecule has 23 heavy (non-hydrogen) atoms. The highest BCUT2D eigenvalue weighted by atomic mass is 79.9. The van der Waals surface area contributed by atoms with Gasteiger partial charge < -0.3 is 5.32 Å². The molecule has 0 radical (unpaired) electrons. The Morgan fingerprint density at radius 2 is 2.09 bits per heavy atom. The van der Waals surface area contributed by atoms with Crippen LogP contribution in [0.4, 0.5) is 0 Å². The number of hydrogen-bond donors (Lipinski definition) is 1. The fourth-order valence-electron chi connectivity index (χ4n) is 2.34. The van der Waals surface area contributed by atoms with Gasteiger partial charge in [0.2, 0.25) is 5.91 Å². The third-order valence-electron chi connectivity index (χ3n) is 4.30. The molecule has 3 unspecified atom stereocenters. The Hall–Kier alpha value is -1.06. The van der Waals surface area contributed by atoms with E-state index in [0.717, 1.165) is 15.9 Å². The van der Waals surface area contributed by atoms with Crippen LogP contribution in [0.15, 0.2) is 47.0 Å². The highest BCUT2D eigenvalue weighted by Crippen LogP contribution is 2.49. The molecule has 0 saturated heterocycles. The first-order valence-electron chi connectivity index (χ1n) is 7.98. The lowest BCUT2D eigenvalue weighted by molar-refractivity contribution is -0.117. The first kappa shape index (κ1) is 18.3. The lowest BCUT2D eigenvalue weighted by Gasteiger charge is -2.15. The Labute approximate surface area is 152 Å². The molecule has 0 spiro atoms. The van der Waals surface area contributed by atoms with E-state index >= 15 is 0 Å². The summed E-state index contributed by atoms with van der Waals surface area (Å²) in [7, 11) is 0. The van der Waals surface area contributed by atoms with Crippen LogP contribution in [0, 0.1) is 11.8 Å². The number of carbonyl (C=O) groups is 1. The summed E-state index contributed by atoms with van der Waals surface area (Å²) in [6.45, 7) is 6.21. The van der Waals surface area contributed by atoms with E-state index in [1.807, 2.05) is 31.2 Å². The van der Waals surface area contributed by atoms with Crippen molar-refractivity contribution in [1.82, 2.24) is 5.32 Å². The summed E-state index contributed by atoms with van der Waals surface area (Å²) in [5.41, 5.74) is 1.28. The number of hydrogen-bond acceptors (Lipinski definition) is 1. The number of benzene rings is 1. The van der Waals surface area contributed by atoms with Gasteiger partial charge >= 0.3 is 0 Å². The largest absolute Gasteiger partial charge is 0.350 e. The van der Waals surface area contributed by atoms with Crippen molar-refractivity contribution in [2.75, 3.05) is 0 Å². The normalized spacial score (nSPS) is 22.0. The van der Waals surface area contributed by atoms with Crippen molar-refractivity contribution in [2.45, 2.75) is 39.2 Å². The van der Waals surface area contributed by atoms with Crippen molar-refractivity contribution in [1.29, 1.82) is 0 Å². The third kappa shape index (κ3) is 5.50. The molecule has 0 heterocycles. The summed E-state index contributed by atoms with van der Waals surface area (Å²) >= 11 is 9.55. The standard InChI is InChI=1S/C19H23BrClNO/c1-12(2)13(3)22-19(23)7-5-4-6-14-10-16(14)15-8-9-17(20)18(21)11-15/h4-9,11-14,16H,10H2,1-3H3,(H,22,23). The Morgan fingerprint density at radius 1 is 1.35 bits per heavy atom. The van der Waals surface area contributed by atoms with E-state index < -0.39 is 0 Å². The van der Waals surface area contributed by atoms with Crippen molar-refractivity contribution in [3.63, 3.8) is 0 Å². The second-order valence-corrected chi connectivity index (χ2v) is 7.73. The maximum Gasteiger partial charge on any atom is 0.244 e. The lowest BCUT2D eigenvalue weighted by Crippen LogP contribution is -2.34. The first-order chi connectivity index (χ1) is 10.9. The summed E-state index contributed by atoms with van der Waals surface area (Å²) in [5, 5.41) is 3.71. The SMILES string of the molecule is CC(C)C(C)NC(=O)C=CC=CC1CC1c1ccc(Br)c(Cl)c1. The fourth-order valence-corrected chi connectivity index (χ4v) is 2.78. The van der Waals surface area contributed by atoms with Crippen LogP contribution in [-0.4, -0.2) is 11.9 Å². The number of rotatable bonds is 6. The van der Waals surface area contributed by atoms with Crippen LogP contribution in [0.3, 0.4) is 0 Å². The van der Waals surface area contributed by atoms with Crippen LogP contribution in [0.1, 0.15) is 38.7 Å². The smallest absolute Gasteiger partial charge is 0.244 e. The highest BCUT2D eigenvalue weighted by molar-refractivity contribution is 9.10. The summed E-state index contributed by atoms with van der Waals surface area (Å²) < 4.78 is 0.931. The molecular weight excluding hydrogens is 374 g/mol. The average molecular weight is 397 g/mol. The molecule has 3 atom stereocenters. The van der Waals surface area contributed by atoms with Gasteiger partial charge in [-0.1, -0.05) is 49.7 Å². The third-order valence-corrected chi connectivity index (χ3v) is 5.53. The molecule has 2 nitrogen and oxygen atoms in total. The van der Waals surface area contributed by atoms with Crippen LogP contribution in [0.2, 0.25) is 5.02 Å². The van der Waals surface area contributed by atoms with Crippen molar-refractivity contribution in [3.8, 4) is 0 Å². The van der Waals surface area contributed by atoms with Gasteiger partial charge in [-0.15, -0.1) is 0 Å². The molecule has 2 rings (SSSR count). The van der Waals surface area contributed by atoms with Crippen molar-refractivity contribution in [3.05, 3.63) is 57.6 Å². The van der Waals surface area contributed by atoms with Crippen LogP contribution < -0.4 is 5.32 Å². The number of halogens is 2. The zero-order valence-corrected chi connectivity index (χ0v) is 16.1. The second-order valence-electron chi connectivity index (χ2n) is 6.46. The van der Waals surface area contributed by atoms with Crippen LogP contribution in [-0.2, 0) is 4.79 Å². The van der Waals surface area contributed by atoms with Gasteiger partial charge in [-0.05, 0) is 64.7 Å². The minimum atomic E-state index is -0.0390. The maximum atomic E-state index is 11.7. The lowest BCUT2D eigenvalue weighted by atomic mass is 10.1. The molecule has 1 fully saturated rings. The molecule has 1 amide bonds. The zero-order chi connectivity index (χ0) is 17.0. The maximum absolute atomic E-state index is 11.7. The first-order valence-corrected chi connectivity index (χ1v) is 9.16. The molecule has 124 valence electrons. The predicted molar refractivity (Wildman–Crippen MR) is 101 cm³/mol. The number of allylic oxidation sites excluding steroid dienone is 3. The van der Waals surface area contributed by atoms with Crippen LogP contribution in [0.25, 0.3) is 0 Å². The van der Waals surface area contributed by atoms with Gasteiger partial charge in [0.05, 0.1) is 5.02 Å². The Balaban J connectivity index is 1.80. The van der Waals surface area contributed by atoms with E-state index in [-0.39, 0.29) is 11.9 Å². The van der Waals surface area contributed by atoms with Gasteiger partial charge in [0.1, 0.15) is 0 Å². The summed E-state index contributed by atoms with van der Waals surface area (Å²) in [6, 6.07) is 6.33. The Kier molecular flexibility index (Phi) is 6.49. The topological polar surface area (TPSA) is 29.1 Å². The summed E-state index contributed by atoms with van der Waals surface area (Å²) in [6.07, 6.45) is 8.66. The molecular formula is C19H23BrClNO. The number of carbonyl (C=O) groups excluding carboxylic acids is 1. The van der Waals surface area contributed by atoms with E-state index in [0.29, 0.717) is 17.8 Å². The molecule has 1 saturated carbocycles. The minimum absolute atomic E-state index is 0.0390. The quantitative estimate of drug-likeness (QED) is 0.500. The predicted octanol–water partition coefficient (Wildman–Crippen LogP) is 5.48.